The summed E-state index contributed by atoms with van der Waals surface area (Å²) in [4.78, 5) is 0.157. The third-order valence-electron chi connectivity index (χ3n) is 7.04. The Morgan fingerprint density at radius 1 is 0.921 bits per heavy atom. The predicted octanol–water partition coefficient (Wildman–Crippen LogP) is 7.90. The SMILES string of the molecule is O=S(=O)(Nc1ccc(Oc2ccccc2)cc1)c1ccc2c(c1)[C@H]1C=CC[C@H]1[C@@H](c1c(F)cccc1Cl)N2. The third kappa shape index (κ3) is 4.64. The summed E-state index contributed by atoms with van der Waals surface area (Å²) in [6.45, 7) is 0. The average molecular weight is 547 g/mol. The summed E-state index contributed by atoms with van der Waals surface area (Å²) in [5.74, 6) is 0.897. The molecule has 5 nitrogen and oxygen atoms in total. The number of nitrogens with one attached hydrogen (secondary N) is 2. The smallest absolute Gasteiger partial charge is 0.261 e. The first kappa shape index (κ1) is 24.5. The molecule has 0 aromatic heterocycles. The van der Waals surface area contributed by atoms with Gasteiger partial charge in [0.25, 0.3) is 10.0 Å². The largest absolute Gasteiger partial charge is 0.457 e. The molecule has 8 heteroatoms. The lowest BCUT2D eigenvalue weighted by Gasteiger charge is -2.38. The van der Waals surface area contributed by atoms with E-state index in [0.29, 0.717) is 27.8 Å². The van der Waals surface area contributed by atoms with Crippen molar-refractivity contribution in [2.45, 2.75) is 23.3 Å². The normalized spacial score (nSPS) is 19.8. The lowest BCUT2D eigenvalue weighted by atomic mass is 9.77. The zero-order valence-corrected chi connectivity index (χ0v) is 21.7. The first-order valence-corrected chi connectivity index (χ1v) is 14.1. The van der Waals surface area contributed by atoms with Gasteiger partial charge in [-0.2, -0.15) is 0 Å². The van der Waals surface area contributed by atoms with E-state index in [1.807, 2.05) is 30.3 Å². The van der Waals surface area contributed by atoms with E-state index in [-0.39, 0.29) is 28.6 Å². The molecule has 0 spiro atoms. The van der Waals surface area contributed by atoms with Gasteiger partial charge in [0.15, 0.2) is 0 Å². The van der Waals surface area contributed by atoms with Crippen molar-refractivity contribution in [1.29, 1.82) is 0 Å². The molecule has 1 heterocycles. The predicted molar refractivity (Wildman–Crippen MR) is 148 cm³/mol. The molecule has 1 aliphatic heterocycles. The van der Waals surface area contributed by atoms with Gasteiger partial charge in [0.1, 0.15) is 17.3 Å². The Kier molecular flexibility index (Phi) is 6.33. The van der Waals surface area contributed by atoms with Crippen LogP contribution >= 0.6 is 11.6 Å². The summed E-state index contributed by atoms with van der Waals surface area (Å²) in [5, 5.41) is 3.80. The Morgan fingerprint density at radius 2 is 1.68 bits per heavy atom. The van der Waals surface area contributed by atoms with Gasteiger partial charge in [-0.15, -0.1) is 0 Å². The van der Waals surface area contributed by atoms with Crippen LogP contribution in [-0.2, 0) is 10.0 Å². The Labute approximate surface area is 226 Å². The van der Waals surface area contributed by atoms with E-state index in [4.69, 9.17) is 16.3 Å². The van der Waals surface area contributed by atoms with Crippen molar-refractivity contribution in [2.75, 3.05) is 10.0 Å². The van der Waals surface area contributed by atoms with Crippen LogP contribution in [0.15, 0.2) is 108 Å². The number of benzene rings is 4. The average Bonchev–Trinajstić information content (AvgIpc) is 3.41. The van der Waals surface area contributed by atoms with Crippen LogP contribution in [0, 0.1) is 11.7 Å². The number of hydrogen-bond acceptors (Lipinski definition) is 4. The standard InChI is InChI=1S/C30H24ClFN2O3S/c31-26-10-5-11-27(32)29(26)30-24-9-4-8-23(24)25-18-22(16-17-28(25)33-30)38(35,36)34-19-12-14-21(15-13-19)37-20-6-2-1-3-7-20/h1-8,10-18,23-24,30,33-34H,9H2/t23-,24+,30-/m0/s1. The van der Waals surface area contributed by atoms with Crippen LogP contribution in [0.25, 0.3) is 0 Å². The van der Waals surface area contributed by atoms with Gasteiger partial charge in [-0.1, -0.05) is 48.0 Å². The van der Waals surface area contributed by atoms with Crippen molar-refractivity contribution in [1.82, 2.24) is 0 Å². The molecule has 192 valence electrons. The van der Waals surface area contributed by atoms with Crippen LogP contribution in [0.3, 0.4) is 0 Å². The van der Waals surface area contributed by atoms with Crippen LogP contribution in [0.1, 0.15) is 29.5 Å². The lowest BCUT2D eigenvalue weighted by Crippen LogP contribution is -2.30. The number of allylic oxidation sites excluding steroid dienone is 2. The van der Waals surface area contributed by atoms with E-state index >= 15 is 0 Å². The van der Waals surface area contributed by atoms with Crippen LogP contribution in [-0.4, -0.2) is 8.42 Å². The molecule has 4 aromatic carbocycles. The quantitative estimate of drug-likeness (QED) is 0.241. The Morgan fingerprint density at radius 3 is 2.45 bits per heavy atom. The highest BCUT2D eigenvalue weighted by Crippen LogP contribution is 2.51. The minimum Gasteiger partial charge on any atom is -0.457 e. The number of anilines is 2. The van der Waals surface area contributed by atoms with E-state index in [1.165, 1.54) is 6.07 Å². The van der Waals surface area contributed by atoms with E-state index in [0.717, 1.165) is 17.7 Å². The van der Waals surface area contributed by atoms with Crippen molar-refractivity contribution in [3.05, 3.63) is 125 Å². The second-order valence-corrected chi connectivity index (χ2v) is 11.5. The van der Waals surface area contributed by atoms with E-state index in [9.17, 15) is 12.8 Å². The number of para-hydroxylation sites is 1. The summed E-state index contributed by atoms with van der Waals surface area (Å²) < 4.78 is 49.8. The van der Waals surface area contributed by atoms with Gasteiger partial charge in [-0.3, -0.25) is 4.72 Å². The third-order valence-corrected chi connectivity index (χ3v) is 8.75. The van der Waals surface area contributed by atoms with Gasteiger partial charge in [0.05, 0.1) is 10.9 Å². The number of sulfonamides is 1. The molecule has 0 radical (unpaired) electrons. The number of hydrogen-bond donors (Lipinski definition) is 2. The first-order chi connectivity index (χ1) is 18.4. The molecule has 0 saturated heterocycles. The second kappa shape index (κ2) is 9.82. The highest BCUT2D eigenvalue weighted by molar-refractivity contribution is 7.92. The molecule has 0 bridgehead atoms. The fraction of sp³-hybridized carbons (Fsp3) is 0.133. The molecule has 4 aromatic rings. The molecule has 1 aliphatic carbocycles. The highest BCUT2D eigenvalue weighted by atomic mass is 35.5. The van der Waals surface area contributed by atoms with Crippen LogP contribution < -0.4 is 14.8 Å². The van der Waals surface area contributed by atoms with Gasteiger partial charge >= 0.3 is 0 Å². The van der Waals surface area contributed by atoms with Gasteiger partial charge in [-0.05, 0) is 84.6 Å². The second-order valence-electron chi connectivity index (χ2n) is 9.40. The summed E-state index contributed by atoms with van der Waals surface area (Å²) in [6, 6.07) is 25.5. The van der Waals surface area contributed by atoms with E-state index in [2.05, 4.69) is 22.2 Å². The summed E-state index contributed by atoms with van der Waals surface area (Å²) >= 11 is 6.40. The molecule has 6 rings (SSSR count). The Bertz CT molecular complexity index is 1610. The topological polar surface area (TPSA) is 67.4 Å². The van der Waals surface area contributed by atoms with E-state index in [1.54, 1.807) is 54.6 Å². The monoisotopic (exact) mass is 546 g/mol. The van der Waals surface area contributed by atoms with Crippen molar-refractivity contribution in [2.24, 2.45) is 5.92 Å². The van der Waals surface area contributed by atoms with Crippen molar-refractivity contribution in [3.63, 3.8) is 0 Å². The minimum atomic E-state index is -3.85. The molecular formula is C30H24ClFN2O3S. The molecule has 0 saturated carbocycles. The number of fused-ring (bicyclic) bond motifs is 3. The van der Waals surface area contributed by atoms with Crippen LogP contribution in [0.2, 0.25) is 5.02 Å². The van der Waals surface area contributed by atoms with Gasteiger partial charge < -0.3 is 10.1 Å². The fourth-order valence-corrected chi connectivity index (χ4v) is 6.64. The van der Waals surface area contributed by atoms with Crippen LogP contribution in [0.4, 0.5) is 15.8 Å². The highest BCUT2D eigenvalue weighted by Gasteiger charge is 2.40. The summed E-state index contributed by atoms with van der Waals surface area (Å²) in [6.07, 6.45) is 4.87. The van der Waals surface area contributed by atoms with Gasteiger partial charge in [0.2, 0.25) is 0 Å². The lowest BCUT2D eigenvalue weighted by molar-refractivity contribution is 0.413. The van der Waals surface area contributed by atoms with Crippen molar-refractivity contribution >= 4 is 33.0 Å². The zero-order valence-electron chi connectivity index (χ0n) is 20.1. The molecule has 0 fully saturated rings. The molecular weight excluding hydrogens is 523 g/mol. The zero-order chi connectivity index (χ0) is 26.3. The molecule has 0 unspecified atom stereocenters. The van der Waals surface area contributed by atoms with Gasteiger partial charge in [0, 0.05) is 27.9 Å². The first-order valence-electron chi connectivity index (χ1n) is 12.3. The molecule has 3 atom stereocenters. The summed E-state index contributed by atoms with van der Waals surface area (Å²) in [5.41, 5.74) is 2.50. The maximum Gasteiger partial charge on any atom is 0.261 e. The Hall–Kier alpha value is -3.81. The molecule has 38 heavy (non-hydrogen) atoms. The van der Waals surface area contributed by atoms with Crippen molar-refractivity contribution < 1.29 is 17.5 Å². The van der Waals surface area contributed by atoms with Crippen LogP contribution in [0.5, 0.6) is 11.5 Å². The molecule has 2 N–H and O–H groups in total. The molecule has 2 aliphatic rings. The fourth-order valence-electron chi connectivity index (χ4n) is 5.26. The number of rotatable bonds is 6. The number of halogens is 2. The number of ether oxygens (including phenoxy) is 1. The van der Waals surface area contributed by atoms with Gasteiger partial charge in [-0.25, -0.2) is 12.8 Å². The Balaban J connectivity index is 1.25. The van der Waals surface area contributed by atoms with E-state index < -0.39 is 10.0 Å². The minimum absolute atomic E-state index is 0.0139. The maximum absolute atomic E-state index is 14.8. The maximum atomic E-state index is 14.8. The molecule has 0 amide bonds. The van der Waals surface area contributed by atoms with Crippen molar-refractivity contribution in [3.8, 4) is 11.5 Å². The summed E-state index contributed by atoms with van der Waals surface area (Å²) in [7, 11) is -3.85.